The van der Waals surface area contributed by atoms with Crippen molar-refractivity contribution < 1.29 is 14.3 Å². The van der Waals surface area contributed by atoms with Crippen LogP contribution in [0.5, 0.6) is 11.5 Å². The zero-order valence-corrected chi connectivity index (χ0v) is 14.5. The van der Waals surface area contributed by atoms with Crippen molar-refractivity contribution in [3.63, 3.8) is 0 Å². The quantitative estimate of drug-likeness (QED) is 0.846. The van der Waals surface area contributed by atoms with Crippen LogP contribution in [0.2, 0.25) is 0 Å². The van der Waals surface area contributed by atoms with Gasteiger partial charge in [-0.05, 0) is 36.1 Å². The van der Waals surface area contributed by atoms with Gasteiger partial charge < -0.3 is 14.8 Å². The van der Waals surface area contributed by atoms with Crippen molar-refractivity contribution in [2.24, 2.45) is 0 Å². The third-order valence-corrected chi connectivity index (χ3v) is 4.58. The van der Waals surface area contributed by atoms with E-state index in [1.165, 1.54) is 4.90 Å². The summed E-state index contributed by atoms with van der Waals surface area (Å²) in [5.41, 5.74) is 2.53. The molecule has 1 heterocycles. The lowest BCUT2D eigenvalue weighted by molar-refractivity contribution is -0.117. The molecule has 1 aliphatic rings. The zero-order chi connectivity index (χ0) is 16.9. The summed E-state index contributed by atoms with van der Waals surface area (Å²) in [6, 6.07) is 13.8. The molecule has 4 nitrogen and oxygen atoms in total. The summed E-state index contributed by atoms with van der Waals surface area (Å²) in [6.45, 7) is 0.737. The first-order valence-corrected chi connectivity index (χ1v) is 8.85. The number of rotatable bonds is 5. The highest BCUT2D eigenvalue weighted by molar-refractivity contribution is 7.98. The molecule has 1 aliphatic heterocycles. The third-order valence-electron chi connectivity index (χ3n) is 3.83. The Hall–Kier alpha value is -2.40. The summed E-state index contributed by atoms with van der Waals surface area (Å²) in [5, 5.41) is 2.94. The number of carbonyl (C=O) groups is 1. The molecule has 0 saturated heterocycles. The Morgan fingerprint density at radius 3 is 2.75 bits per heavy atom. The SMILES string of the molecule is COc1cccc2c1OCC(C(=O)NCc1ccc(SC)cc1)=C2. The van der Waals surface area contributed by atoms with Gasteiger partial charge in [-0.15, -0.1) is 11.8 Å². The van der Waals surface area contributed by atoms with Crippen LogP contribution in [-0.2, 0) is 11.3 Å². The van der Waals surface area contributed by atoms with Crippen molar-refractivity contribution >= 4 is 23.7 Å². The first-order valence-electron chi connectivity index (χ1n) is 7.63. The highest BCUT2D eigenvalue weighted by atomic mass is 32.2. The molecule has 24 heavy (non-hydrogen) atoms. The van der Waals surface area contributed by atoms with Crippen LogP contribution in [0.3, 0.4) is 0 Å². The van der Waals surface area contributed by atoms with Crippen LogP contribution in [0.4, 0.5) is 0 Å². The number of carbonyl (C=O) groups excluding carboxylic acids is 1. The van der Waals surface area contributed by atoms with Gasteiger partial charge in [0.1, 0.15) is 6.61 Å². The minimum absolute atomic E-state index is 0.114. The molecule has 1 amide bonds. The highest BCUT2D eigenvalue weighted by Gasteiger charge is 2.19. The largest absolute Gasteiger partial charge is 0.493 e. The molecule has 2 aromatic rings. The minimum atomic E-state index is -0.114. The summed E-state index contributed by atoms with van der Waals surface area (Å²) in [4.78, 5) is 13.6. The molecular weight excluding hydrogens is 322 g/mol. The number of hydrogen-bond acceptors (Lipinski definition) is 4. The van der Waals surface area contributed by atoms with Crippen molar-refractivity contribution in [3.05, 3.63) is 59.2 Å². The van der Waals surface area contributed by atoms with E-state index in [-0.39, 0.29) is 12.5 Å². The van der Waals surface area contributed by atoms with Crippen LogP contribution >= 0.6 is 11.8 Å². The van der Waals surface area contributed by atoms with E-state index in [1.807, 2.05) is 42.7 Å². The number of methoxy groups -OCH3 is 1. The van der Waals surface area contributed by atoms with Gasteiger partial charge >= 0.3 is 0 Å². The van der Waals surface area contributed by atoms with E-state index in [2.05, 4.69) is 17.4 Å². The lowest BCUT2D eigenvalue weighted by Crippen LogP contribution is -2.28. The number of ether oxygens (including phenoxy) is 2. The van der Waals surface area contributed by atoms with Crippen LogP contribution in [0, 0.1) is 0 Å². The van der Waals surface area contributed by atoms with Crippen molar-refractivity contribution in [3.8, 4) is 11.5 Å². The molecule has 1 N–H and O–H groups in total. The average Bonchev–Trinajstić information content (AvgIpc) is 2.65. The standard InChI is InChI=1S/C19H19NO3S/c1-22-17-5-3-4-14-10-15(12-23-18(14)17)19(21)20-11-13-6-8-16(24-2)9-7-13/h3-10H,11-12H2,1-2H3,(H,20,21). The fraction of sp³-hybridized carbons (Fsp3) is 0.211. The van der Waals surface area contributed by atoms with Gasteiger partial charge in [-0.3, -0.25) is 4.79 Å². The second-order valence-electron chi connectivity index (χ2n) is 5.37. The second kappa shape index (κ2) is 7.45. The van der Waals surface area contributed by atoms with Gasteiger partial charge in [-0.25, -0.2) is 0 Å². The summed E-state index contributed by atoms with van der Waals surface area (Å²) in [7, 11) is 1.60. The summed E-state index contributed by atoms with van der Waals surface area (Å²) in [6.07, 6.45) is 3.90. The second-order valence-corrected chi connectivity index (χ2v) is 6.25. The first-order chi connectivity index (χ1) is 11.7. The minimum Gasteiger partial charge on any atom is -0.493 e. The lowest BCUT2D eigenvalue weighted by Gasteiger charge is -2.19. The molecule has 0 aliphatic carbocycles. The average molecular weight is 341 g/mol. The van der Waals surface area contributed by atoms with Gasteiger partial charge in [0.2, 0.25) is 0 Å². The Morgan fingerprint density at radius 1 is 1.25 bits per heavy atom. The number of fused-ring (bicyclic) bond motifs is 1. The Labute approximate surface area is 145 Å². The zero-order valence-electron chi connectivity index (χ0n) is 13.7. The fourth-order valence-electron chi connectivity index (χ4n) is 2.51. The van der Waals surface area contributed by atoms with E-state index in [9.17, 15) is 4.79 Å². The number of thioether (sulfide) groups is 1. The van der Waals surface area contributed by atoms with Crippen LogP contribution in [-0.4, -0.2) is 25.9 Å². The van der Waals surface area contributed by atoms with Crippen LogP contribution in [0.25, 0.3) is 6.08 Å². The molecule has 0 fully saturated rings. The van der Waals surface area contributed by atoms with Gasteiger partial charge in [0.15, 0.2) is 11.5 Å². The predicted molar refractivity (Wildman–Crippen MR) is 96.5 cm³/mol. The number of benzene rings is 2. The summed E-state index contributed by atoms with van der Waals surface area (Å²) in [5.74, 6) is 1.25. The van der Waals surface area contributed by atoms with E-state index in [1.54, 1.807) is 18.9 Å². The Kier molecular flexibility index (Phi) is 5.11. The maximum absolute atomic E-state index is 12.4. The summed E-state index contributed by atoms with van der Waals surface area (Å²) >= 11 is 1.70. The molecular formula is C19H19NO3S. The topological polar surface area (TPSA) is 47.6 Å². The molecule has 124 valence electrons. The Morgan fingerprint density at radius 2 is 2.04 bits per heavy atom. The summed E-state index contributed by atoms with van der Waals surface area (Å²) < 4.78 is 11.0. The molecule has 0 bridgehead atoms. The lowest BCUT2D eigenvalue weighted by atomic mass is 10.1. The van der Waals surface area contributed by atoms with Gasteiger partial charge in [0, 0.05) is 17.0 Å². The Balaban J connectivity index is 1.67. The monoisotopic (exact) mass is 341 g/mol. The predicted octanol–water partition coefficient (Wildman–Crippen LogP) is 3.51. The normalized spacial score (nSPS) is 12.7. The molecule has 0 saturated carbocycles. The first kappa shape index (κ1) is 16.5. The van der Waals surface area contributed by atoms with Gasteiger partial charge in [0.25, 0.3) is 5.91 Å². The smallest absolute Gasteiger partial charge is 0.250 e. The van der Waals surface area contributed by atoms with Crippen LogP contribution in [0.1, 0.15) is 11.1 Å². The molecule has 0 radical (unpaired) electrons. The van der Waals surface area contributed by atoms with Gasteiger partial charge in [-0.2, -0.15) is 0 Å². The number of para-hydroxylation sites is 1. The Bertz CT molecular complexity index is 769. The number of amides is 1. The van der Waals surface area contributed by atoms with E-state index < -0.39 is 0 Å². The number of hydrogen-bond donors (Lipinski definition) is 1. The molecule has 2 aromatic carbocycles. The maximum atomic E-state index is 12.4. The van der Waals surface area contributed by atoms with Crippen LogP contribution < -0.4 is 14.8 Å². The highest BCUT2D eigenvalue weighted by Crippen LogP contribution is 2.35. The maximum Gasteiger partial charge on any atom is 0.250 e. The van der Waals surface area contributed by atoms with Crippen molar-refractivity contribution in [2.45, 2.75) is 11.4 Å². The van der Waals surface area contributed by atoms with Gasteiger partial charge in [0.05, 0.1) is 12.7 Å². The number of nitrogens with one attached hydrogen (secondary N) is 1. The van der Waals surface area contributed by atoms with Crippen molar-refractivity contribution in [2.75, 3.05) is 20.0 Å². The van der Waals surface area contributed by atoms with E-state index in [0.29, 0.717) is 23.6 Å². The molecule has 0 spiro atoms. The van der Waals surface area contributed by atoms with Crippen molar-refractivity contribution in [1.29, 1.82) is 0 Å². The molecule has 0 unspecified atom stereocenters. The van der Waals surface area contributed by atoms with E-state index in [4.69, 9.17) is 9.47 Å². The van der Waals surface area contributed by atoms with E-state index >= 15 is 0 Å². The fourth-order valence-corrected chi connectivity index (χ4v) is 2.92. The third kappa shape index (κ3) is 3.57. The molecule has 0 atom stereocenters. The van der Waals surface area contributed by atoms with Crippen LogP contribution in [0.15, 0.2) is 52.9 Å². The van der Waals surface area contributed by atoms with Crippen molar-refractivity contribution in [1.82, 2.24) is 5.32 Å². The molecule has 3 rings (SSSR count). The molecule has 5 heteroatoms. The van der Waals surface area contributed by atoms with E-state index in [0.717, 1.165) is 11.1 Å². The molecule has 0 aromatic heterocycles. The van der Waals surface area contributed by atoms with Gasteiger partial charge in [-0.1, -0.05) is 24.3 Å².